The Morgan fingerprint density at radius 1 is 1.47 bits per heavy atom. The normalized spacial score (nSPS) is 15.1. The summed E-state index contributed by atoms with van der Waals surface area (Å²) >= 11 is 0. The number of amides is 1. The van der Waals surface area contributed by atoms with Crippen molar-refractivity contribution in [3.8, 4) is 0 Å². The van der Waals surface area contributed by atoms with Gasteiger partial charge in [0.2, 0.25) is 5.91 Å². The van der Waals surface area contributed by atoms with E-state index in [2.05, 4.69) is 5.10 Å². The molecule has 5 nitrogen and oxygen atoms in total. The maximum atomic E-state index is 11.6. The Labute approximate surface area is 94.6 Å². The molecule has 1 amide bonds. The van der Waals surface area contributed by atoms with E-state index in [0.717, 1.165) is 25.9 Å². The van der Waals surface area contributed by atoms with Gasteiger partial charge in [0, 0.05) is 19.3 Å². The number of hydrogen-bond donors (Lipinski definition) is 1. The maximum absolute atomic E-state index is 11.6. The average Bonchev–Trinajstić information content (AvgIpc) is 2.75. The second-order valence-electron chi connectivity index (χ2n) is 3.56. The van der Waals surface area contributed by atoms with Crippen LogP contribution in [0.4, 0.5) is 5.69 Å². The standard InChI is InChI=1S/C9H14N4O.ClH/c10-8-5-11-13(6-8)7-9(14)12-3-1-2-4-12;/h5-6H,1-4,7,10H2;1H. The van der Waals surface area contributed by atoms with Gasteiger partial charge >= 0.3 is 0 Å². The van der Waals surface area contributed by atoms with Crippen LogP contribution in [-0.4, -0.2) is 33.7 Å². The summed E-state index contributed by atoms with van der Waals surface area (Å²) in [6, 6.07) is 0. The summed E-state index contributed by atoms with van der Waals surface area (Å²) in [6.45, 7) is 2.07. The number of anilines is 1. The quantitative estimate of drug-likeness (QED) is 0.805. The monoisotopic (exact) mass is 230 g/mol. The lowest BCUT2D eigenvalue weighted by molar-refractivity contribution is -0.130. The van der Waals surface area contributed by atoms with Crippen molar-refractivity contribution in [2.45, 2.75) is 19.4 Å². The Morgan fingerprint density at radius 2 is 2.13 bits per heavy atom. The van der Waals surface area contributed by atoms with Gasteiger partial charge in [-0.05, 0) is 12.8 Å². The smallest absolute Gasteiger partial charge is 0.244 e. The van der Waals surface area contributed by atoms with E-state index in [9.17, 15) is 4.79 Å². The lowest BCUT2D eigenvalue weighted by Gasteiger charge is -2.14. The lowest BCUT2D eigenvalue weighted by atomic mass is 10.4. The van der Waals surface area contributed by atoms with Gasteiger partial charge in [-0.1, -0.05) is 0 Å². The molecule has 15 heavy (non-hydrogen) atoms. The van der Waals surface area contributed by atoms with E-state index in [1.165, 1.54) is 0 Å². The Balaban J connectivity index is 0.00000112. The van der Waals surface area contributed by atoms with Gasteiger partial charge in [0.1, 0.15) is 6.54 Å². The van der Waals surface area contributed by atoms with Crippen molar-refractivity contribution in [3.05, 3.63) is 12.4 Å². The highest BCUT2D eigenvalue weighted by atomic mass is 35.5. The third-order valence-corrected chi connectivity index (χ3v) is 2.41. The van der Waals surface area contributed by atoms with Crippen molar-refractivity contribution in [3.63, 3.8) is 0 Å². The van der Waals surface area contributed by atoms with Crippen molar-refractivity contribution in [1.82, 2.24) is 14.7 Å². The lowest BCUT2D eigenvalue weighted by Crippen LogP contribution is -2.31. The molecule has 0 atom stereocenters. The number of nitrogens with zero attached hydrogens (tertiary/aromatic N) is 3. The molecule has 0 saturated carbocycles. The molecule has 0 unspecified atom stereocenters. The number of nitrogen functional groups attached to an aromatic ring is 1. The highest BCUT2D eigenvalue weighted by Gasteiger charge is 2.17. The molecule has 0 spiro atoms. The van der Waals surface area contributed by atoms with Crippen molar-refractivity contribution < 1.29 is 4.79 Å². The molecular weight excluding hydrogens is 216 g/mol. The molecule has 6 heteroatoms. The Morgan fingerprint density at radius 3 is 2.67 bits per heavy atom. The molecule has 2 heterocycles. The van der Waals surface area contributed by atoms with Gasteiger partial charge in [0.15, 0.2) is 0 Å². The van der Waals surface area contributed by atoms with E-state index >= 15 is 0 Å². The first kappa shape index (κ1) is 11.8. The molecule has 1 aromatic heterocycles. The van der Waals surface area contributed by atoms with Gasteiger partial charge in [-0.2, -0.15) is 5.10 Å². The number of likely N-dealkylation sites (tertiary alicyclic amines) is 1. The summed E-state index contributed by atoms with van der Waals surface area (Å²) in [6.07, 6.45) is 5.46. The minimum Gasteiger partial charge on any atom is -0.396 e. The third kappa shape index (κ3) is 2.86. The van der Waals surface area contributed by atoms with Crippen molar-refractivity contribution in [2.75, 3.05) is 18.8 Å². The van der Waals surface area contributed by atoms with E-state index in [1.54, 1.807) is 17.1 Å². The largest absolute Gasteiger partial charge is 0.396 e. The molecule has 1 saturated heterocycles. The molecule has 1 fully saturated rings. The van der Waals surface area contributed by atoms with Crippen molar-refractivity contribution in [1.29, 1.82) is 0 Å². The summed E-state index contributed by atoms with van der Waals surface area (Å²) < 4.78 is 1.58. The summed E-state index contributed by atoms with van der Waals surface area (Å²) in [4.78, 5) is 13.5. The maximum Gasteiger partial charge on any atom is 0.244 e. The fourth-order valence-electron chi connectivity index (χ4n) is 1.67. The van der Waals surface area contributed by atoms with Crippen LogP contribution < -0.4 is 5.73 Å². The second kappa shape index (κ2) is 5.02. The summed E-state index contributed by atoms with van der Waals surface area (Å²) in [7, 11) is 0. The van der Waals surface area contributed by atoms with Crippen LogP contribution in [0.1, 0.15) is 12.8 Å². The fraction of sp³-hybridized carbons (Fsp3) is 0.556. The summed E-state index contributed by atoms with van der Waals surface area (Å²) in [5.74, 6) is 0.130. The molecule has 84 valence electrons. The molecule has 1 aliphatic heterocycles. The topological polar surface area (TPSA) is 64.1 Å². The van der Waals surface area contributed by atoms with Crippen LogP contribution in [0.15, 0.2) is 12.4 Å². The summed E-state index contributed by atoms with van der Waals surface area (Å²) in [5, 5.41) is 3.97. The number of rotatable bonds is 2. The van der Waals surface area contributed by atoms with Crippen LogP contribution in [0.25, 0.3) is 0 Å². The van der Waals surface area contributed by atoms with Crippen LogP contribution >= 0.6 is 12.4 Å². The molecule has 0 aromatic carbocycles. The van der Waals surface area contributed by atoms with Gasteiger partial charge in [-0.15, -0.1) is 12.4 Å². The number of carbonyl (C=O) groups excluding carboxylic acids is 1. The zero-order valence-electron chi connectivity index (χ0n) is 8.43. The molecule has 0 radical (unpaired) electrons. The second-order valence-corrected chi connectivity index (χ2v) is 3.56. The van der Waals surface area contributed by atoms with Crippen LogP contribution in [0.2, 0.25) is 0 Å². The predicted octanol–water partition coefficient (Wildman–Crippen LogP) is 0.509. The van der Waals surface area contributed by atoms with Gasteiger partial charge in [-0.25, -0.2) is 0 Å². The number of nitrogens with two attached hydrogens (primary N) is 1. The zero-order valence-corrected chi connectivity index (χ0v) is 9.24. The zero-order chi connectivity index (χ0) is 9.97. The van der Waals surface area contributed by atoms with Crippen molar-refractivity contribution >= 4 is 24.0 Å². The third-order valence-electron chi connectivity index (χ3n) is 2.41. The fourth-order valence-corrected chi connectivity index (χ4v) is 1.67. The van der Waals surface area contributed by atoms with E-state index in [4.69, 9.17) is 5.73 Å². The highest BCUT2D eigenvalue weighted by molar-refractivity contribution is 5.85. The van der Waals surface area contributed by atoms with Gasteiger partial charge in [0.05, 0.1) is 11.9 Å². The van der Waals surface area contributed by atoms with E-state index in [0.29, 0.717) is 12.2 Å². The summed E-state index contributed by atoms with van der Waals surface area (Å²) in [5.41, 5.74) is 6.10. The first-order valence-electron chi connectivity index (χ1n) is 4.81. The molecule has 2 N–H and O–H groups in total. The minimum absolute atomic E-state index is 0. The van der Waals surface area contributed by atoms with Crippen LogP contribution in [0, 0.1) is 0 Å². The molecule has 2 rings (SSSR count). The first-order chi connectivity index (χ1) is 6.75. The van der Waals surface area contributed by atoms with Gasteiger partial charge < -0.3 is 10.6 Å². The Hall–Kier alpha value is -1.23. The number of carbonyl (C=O) groups is 1. The SMILES string of the molecule is Cl.Nc1cnn(CC(=O)N2CCCC2)c1. The van der Waals surface area contributed by atoms with Crippen LogP contribution in [-0.2, 0) is 11.3 Å². The number of aromatic nitrogens is 2. The average molecular weight is 231 g/mol. The van der Waals surface area contributed by atoms with Crippen LogP contribution in [0.3, 0.4) is 0 Å². The van der Waals surface area contributed by atoms with Gasteiger partial charge in [0.25, 0.3) is 0 Å². The van der Waals surface area contributed by atoms with Crippen LogP contribution in [0.5, 0.6) is 0 Å². The number of hydrogen-bond acceptors (Lipinski definition) is 3. The molecule has 0 aliphatic carbocycles. The van der Waals surface area contributed by atoms with Gasteiger partial charge in [-0.3, -0.25) is 9.48 Å². The molecular formula is C9H15ClN4O. The molecule has 1 aromatic rings. The predicted molar refractivity (Wildman–Crippen MR) is 59.7 cm³/mol. The Kier molecular flexibility index (Phi) is 3.96. The van der Waals surface area contributed by atoms with E-state index < -0.39 is 0 Å². The Bertz CT molecular complexity index is 333. The first-order valence-corrected chi connectivity index (χ1v) is 4.81. The van der Waals surface area contributed by atoms with E-state index in [1.807, 2.05) is 4.90 Å². The molecule has 0 bridgehead atoms. The molecule has 1 aliphatic rings. The van der Waals surface area contributed by atoms with E-state index in [-0.39, 0.29) is 18.3 Å². The van der Waals surface area contributed by atoms with Crippen molar-refractivity contribution in [2.24, 2.45) is 0 Å². The number of halogens is 1. The minimum atomic E-state index is 0. The highest BCUT2D eigenvalue weighted by Crippen LogP contribution is 2.08.